The van der Waals surface area contributed by atoms with Crippen molar-refractivity contribution >= 4 is 0 Å². The first-order valence-corrected chi connectivity index (χ1v) is 7.79. The van der Waals surface area contributed by atoms with E-state index in [0.717, 1.165) is 12.0 Å². The second-order valence-corrected chi connectivity index (χ2v) is 6.59. The molecule has 0 aromatic heterocycles. The number of rotatable bonds is 7. The van der Waals surface area contributed by atoms with E-state index >= 15 is 0 Å². The first-order chi connectivity index (χ1) is 8.11. The number of hydrogen-bond donors (Lipinski definition) is 1. The van der Waals surface area contributed by atoms with Crippen molar-refractivity contribution in [3.8, 4) is 0 Å². The highest BCUT2D eigenvalue weighted by atomic mass is 14.9. The molecular weight excluding hydrogens is 206 g/mol. The molecule has 1 saturated carbocycles. The zero-order valence-corrected chi connectivity index (χ0v) is 12.5. The van der Waals surface area contributed by atoms with Gasteiger partial charge in [-0.3, -0.25) is 0 Å². The molecule has 0 aromatic carbocycles. The van der Waals surface area contributed by atoms with Crippen LogP contribution in [0.1, 0.15) is 78.6 Å². The molecule has 0 radical (unpaired) electrons. The van der Waals surface area contributed by atoms with Gasteiger partial charge in [0.25, 0.3) is 0 Å². The first kappa shape index (κ1) is 15.0. The Labute approximate surface area is 109 Å². The Balaban J connectivity index is 2.42. The normalized spacial score (nSPS) is 25.8. The molecule has 0 amide bonds. The summed E-state index contributed by atoms with van der Waals surface area (Å²) in [7, 11) is 2.16. The van der Waals surface area contributed by atoms with Crippen LogP contribution in [-0.2, 0) is 0 Å². The molecule has 0 saturated heterocycles. The fourth-order valence-corrected chi connectivity index (χ4v) is 3.60. The zero-order chi connectivity index (χ0) is 12.7. The lowest BCUT2D eigenvalue weighted by Crippen LogP contribution is -2.43. The Bertz CT molecular complexity index is 198. The third-order valence-corrected chi connectivity index (χ3v) is 4.82. The average Bonchev–Trinajstić information content (AvgIpc) is 2.30. The van der Waals surface area contributed by atoms with E-state index in [9.17, 15) is 0 Å². The van der Waals surface area contributed by atoms with E-state index in [0.29, 0.717) is 5.41 Å². The van der Waals surface area contributed by atoms with Crippen LogP contribution in [0.25, 0.3) is 0 Å². The fourth-order valence-electron chi connectivity index (χ4n) is 3.60. The second kappa shape index (κ2) is 7.41. The molecule has 1 aliphatic carbocycles. The Morgan fingerprint density at radius 2 is 1.94 bits per heavy atom. The van der Waals surface area contributed by atoms with Gasteiger partial charge < -0.3 is 5.32 Å². The number of unbranched alkanes of at least 4 members (excludes halogenated alkanes) is 3. The predicted molar refractivity (Wildman–Crippen MR) is 77.3 cm³/mol. The van der Waals surface area contributed by atoms with Gasteiger partial charge in [-0.15, -0.1) is 0 Å². The summed E-state index contributed by atoms with van der Waals surface area (Å²) < 4.78 is 0. The van der Waals surface area contributed by atoms with Crippen LogP contribution in [0.3, 0.4) is 0 Å². The molecule has 2 atom stereocenters. The minimum atomic E-state index is 0.552. The number of nitrogens with one attached hydrogen (secondary N) is 1. The van der Waals surface area contributed by atoms with Crippen LogP contribution in [0, 0.1) is 11.3 Å². The summed E-state index contributed by atoms with van der Waals surface area (Å²) in [5.74, 6) is 0.892. The molecule has 0 spiro atoms. The molecule has 1 heteroatoms. The predicted octanol–water partition coefficient (Wildman–Crippen LogP) is 4.76. The van der Waals surface area contributed by atoms with Crippen molar-refractivity contribution in [2.75, 3.05) is 7.05 Å². The van der Waals surface area contributed by atoms with E-state index in [1.54, 1.807) is 0 Å². The molecule has 1 fully saturated rings. The van der Waals surface area contributed by atoms with E-state index < -0.39 is 0 Å². The fraction of sp³-hybridized carbons (Fsp3) is 1.00. The van der Waals surface area contributed by atoms with Crippen molar-refractivity contribution in [3.05, 3.63) is 0 Å². The van der Waals surface area contributed by atoms with E-state index in [1.807, 2.05) is 0 Å². The van der Waals surface area contributed by atoms with E-state index in [4.69, 9.17) is 0 Å². The molecule has 1 rings (SSSR count). The van der Waals surface area contributed by atoms with Gasteiger partial charge in [0, 0.05) is 6.04 Å². The summed E-state index contributed by atoms with van der Waals surface area (Å²) >= 11 is 0. The maximum absolute atomic E-state index is 3.60. The van der Waals surface area contributed by atoms with Crippen molar-refractivity contribution in [1.82, 2.24) is 5.32 Å². The maximum atomic E-state index is 3.60. The highest BCUT2D eigenvalue weighted by Crippen LogP contribution is 2.43. The van der Waals surface area contributed by atoms with E-state index in [-0.39, 0.29) is 0 Å². The van der Waals surface area contributed by atoms with Gasteiger partial charge in [0.15, 0.2) is 0 Å². The molecule has 0 aliphatic heterocycles. The van der Waals surface area contributed by atoms with Crippen molar-refractivity contribution in [3.63, 3.8) is 0 Å². The van der Waals surface area contributed by atoms with Gasteiger partial charge in [-0.2, -0.15) is 0 Å². The maximum Gasteiger partial charge on any atom is 0.00974 e. The SMILES string of the molecule is CCCCCCC(NC)C1CCCCC1(C)C. The average molecular weight is 239 g/mol. The second-order valence-electron chi connectivity index (χ2n) is 6.59. The smallest absolute Gasteiger partial charge is 0.00974 e. The summed E-state index contributed by atoms with van der Waals surface area (Å²) in [6, 6.07) is 0.752. The zero-order valence-electron chi connectivity index (χ0n) is 12.5. The summed E-state index contributed by atoms with van der Waals surface area (Å²) in [5, 5.41) is 3.60. The minimum absolute atomic E-state index is 0.552. The van der Waals surface area contributed by atoms with Crippen LogP contribution in [0.4, 0.5) is 0 Å². The van der Waals surface area contributed by atoms with Gasteiger partial charge in [-0.05, 0) is 37.6 Å². The molecule has 1 aliphatic rings. The molecule has 2 unspecified atom stereocenters. The Morgan fingerprint density at radius 1 is 1.18 bits per heavy atom. The summed E-state index contributed by atoms with van der Waals surface area (Å²) in [6.45, 7) is 7.25. The van der Waals surface area contributed by atoms with Crippen LogP contribution in [0.15, 0.2) is 0 Å². The Hall–Kier alpha value is -0.0400. The number of hydrogen-bond acceptors (Lipinski definition) is 1. The first-order valence-electron chi connectivity index (χ1n) is 7.79. The largest absolute Gasteiger partial charge is 0.317 e. The van der Waals surface area contributed by atoms with Crippen LogP contribution in [0.5, 0.6) is 0 Å². The Kier molecular flexibility index (Phi) is 6.54. The monoisotopic (exact) mass is 239 g/mol. The van der Waals surface area contributed by atoms with Gasteiger partial charge in [0.2, 0.25) is 0 Å². The van der Waals surface area contributed by atoms with Crippen molar-refractivity contribution < 1.29 is 0 Å². The molecule has 0 aromatic rings. The summed E-state index contributed by atoms with van der Waals surface area (Å²) in [4.78, 5) is 0. The minimum Gasteiger partial charge on any atom is -0.317 e. The lowest BCUT2D eigenvalue weighted by atomic mass is 9.65. The van der Waals surface area contributed by atoms with Crippen LogP contribution >= 0.6 is 0 Å². The quantitative estimate of drug-likeness (QED) is 0.632. The summed E-state index contributed by atoms with van der Waals surface area (Å²) in [6.07, 6.45) is 12.7. The third kappa shape index (κ3) is 4.62. The summed E-state index contributed by atoms with van der Waals surface area (Å²) in [5.41, 5.74) is 0.552. The molecule has 1 nitrogen and oxygen atoms in total. The van der Waals surface area contributed by atoms with Crippen molar-refractivity contribution in [2.45, 2.75) is 84.6 Å². The molecule has 0 bridgehead atoms. The Morgan fingerprint density at radius 3 is 2.53 bits per heavy atom. The molecule has 1 N–H and O–H groups in total. The van der Waals surface area contributed by atoms with Crippen LogP contribution < -0.4 is 5.32 Å². The van der Waals surface area contributed by atoms with Crippen LogP contribution in [-0.4, -0.2) is 13.1 Å². The standard InChI is InChI=1S/C16H33N/c1-5-6-7-8-12-15(17-4)14-11-9-10-13-16(14,2)3/h14-15,17H,5-13H2,1-4H3. The highest BCUT2D eigenvalue weighted by Gasteiger charge is 2.36. The van der Waals surface area contributed by atoms with Gasteiger partial charge in [0.1, 0.15) is 0 Å². The van der Waals surface area contributed by atoms with Gasteiger partial charge in [-0.1, -0.05) is 59.3 Å². The van der Waals surface area contributed by atoms with E-state index in [1.165, 1.54) is 57.8 Å². The topological polar surface area (TPSA) is 12.0 Å². The molecule has 0 heterocycles. The lowest BCUT2D eigenvalue weighted by molar-refractivity contribution is 0.0966. The molecule has 102 valence electrons. The van der Waals surface area contributed by atoms with Crippen molar-refractivity contribution in [1.29, 1.82) is 0 Å². The van der Waals surface area contributed by atoms with E-state index in [2.05, 4.69) is 33.1 Å². The third-order valence-electron chi connectivity index (χ3n) is 4.82. The lowest BCUT2D eigenvalue weighted by Gasteiger charge is -2.43. The van der Waals surface area contributed by atoms with Gasteiger partial charge >= 0.3 is 0 Å². The molecular formula is C16H33N. The van der Waals surface area contributed by atoms with Gasteiger partial charge in [-0.25, -0.2) is 0 Å². The van der Waals surface area contributed by atoms with Crippen LogP contribution in [0.2, 0.25) is 0 Å². The van der Waals surface area contributed by atoms with Crippen molar-refractivity contribution in [2.24, 2.45) is 11.3 Å². The molecule has 17 heavy (non-hydrogen) atoms. The van der Waals surface area contributed by atoms with Gasteiger partial charge in [0.05, 0.1) is 0 Å². The highest BCUT2D eigenvalue weighted by molar-refractivity contribution is 4.89.